The van der Waals surface area contributed by atoms with Crippen LogP contribution in [0, 0.1) is 5.41 Å². The average Bonchev–Trinajstić information content (AvgIpc) is 3.08. The van der Waals surface area contributed by atoms with Crippen LogP contribution in [0.4, 0.5) is 32.0 Å². The van der Waals surface area contributed by atoms with Crippen molar-refractivity contribution in [3.8, 4) is 0 Å². The van der Waals surface area contributed by atoms with E-state index in [4.69, 9.17) is 5.11 Å². The van der Waals surface area contributed by atoms with E-state index >= 15 is 0 Å². The summed E-state index contributed by atoms with van der Waals surface area (Å²) < 4.78 is 84.1. The summed E-state index contributed by atoms with van der Waals surface area (Å²) in [5.74, 6) is -27.2. The molecule has 2 aromatic carbocycles. The lowest BCUT2D eigenvalue weighted by atomic mass is 9.83. The number of aryl methyl sites for hydroxylation is 1. The number of alkyl halides is 6. The zero-order valence-corrected chi connectivity index (χ0v) is 29.1. The maximum absolute atomic E-state index is 14.4. The van der Waals surface area contributed by atoms with Gasteiger partial charge in [0.15, 0.2) is 0 Å². The zero-order valence-electron chi connectivity index (χ0n) is 29.1. The highest BCUT2D eigenvalue weighted by molar-refractivity contribution is 5.98. The van der Waals surface area contributed by atoms with Gasteiger partial charge in [-0.05, 0) is 73.0 Å². The second kappa shape index (κ2) is 14.8. The molecule has 0 saturated heterocycles. The summed E-state index contributed by atoms with van der Waals surface area (Å²) in [6, 6.07) is 7.60. The van der Waals surface area contributed by atoms with Crippen molar-refractivity contribution in [3.05, 3.63) is 64.7 Å². The third-order valence-corrected chi connectivity index (χ3v) is 9.43. The molecule has 0 spiro atoms. The van der Waals surface area contributed by atoms with E-state index in [1.165, 1.54) is 16.3 Å². The van der Waals surface area contributed by atoms with Gasteiger partial charge in [0, 0.05) is 18.7 Å². The number of amides is 4. The van der Waals surface area contributed by atoms with Crippen molar-refractivity contribution in [2.45, 2.75) is 102 Å². The number of aliphatic carboxylic acids is 1. The molecule has 1 aliphatic heterocycles. The van der Waals surface area contributed by atoms with Crippen molar-refractivity contribution in [2.75, 3.05) is 12.4 Å². The highest BCUT2D eigenvalue weighted by Crippen LogP contribution is 2.46. The topological polar surface area (TPSA) is 157 Å². The van der Waals surface area contributed by atoms with Gasteiger partial charge >= 0.3 is 29.6 Å². The van der Waals surface area contributed by atoms with E-state index in [9.17, 15) is 50.3 Å². The minimum absolute atomic E-state index is 0.119. The molecule has 2 aromatic rings. The number of fused-ring (bicyclic) bond motifs is 2. The van der Waals surface area contributed by atoms with E-state index in [2.05, 4.69) is 16.0 Å². The van der Waals surface area contributed by atoms with Crippen LogP contribution < -0.4 is 21.3 Å². The lowest BCUT2D eigenvalue weighted by Gasteiger charge is -2.42. The number of halogens is 6. The Labute approximate surface area is 295 Å². The van der Waals surface area contributed by atoms with E-state index in [0.29, 0.717) is 12.0 Å². The van der Waals surface area contributed by atoms with Crippen molar-refractivity contribution < 1.29 is 55.4 Å². The molecule has 2 aliphatic rings. The third kappa shape index (κ3) is 7.73. The number of carbonyl (C=O) groups excluding carboxylic acids is 4. The molecule has 0 aromatic heterocycles. The summed E-state index contributed by atoms with van der Waals surface area (Å²) in [4.78, 5) is 65.5. The summed E-state index contributed by atoms with van der Waals surface area (Å²) in [6.07, 6.45) is 2.14. The number of benzene rings is 2. The smallest absolute Gasteiger partial charge is 0.411 e. The molecule has 17 heteroatoms. The van der Waals surface area contributed by atoms with Crippen LogP contribution in [-0.2, 0) is 43.4 Å². The van der Waals surface area contributed by atoms with Crippen LogP contribution >= 0.6 is 0 Å². The Kier molecular flexibility index (Phi) is 11.4. The lowest BCUT2D eigenvalue weighted by molar-refractivity contribution is -0.291. The number of carboxylic acids is 1. The molecule has 4 atom stereocenters. The van der Waals surface area contributed by atoms with Crippen molar-refractivity contribution in [3.63, 3.8) is 0 Å². The van der Waals surface area contributed by atoms with Crippen LogP contribution in [0.2, 0.25) is 0 Å². The first-order valence-electron chi connectivity index (χ1n) is 16.5. The Morgan fingerprint density at radius 2 is 1.56 bits per heavy atom. The van der Waals surface area contributed by atoms with Crippen LogP contribution in [0.15, 0.2) is 42.5 Å². The average molecular weight is 742 g/mol. The number of anilines is 1. The van der Waals surface area contributed by atoms with E-state index in [1.54, 1.807) is 34.7 Å². The number of nitrogens with one attached hydrogen (secondary N) is 4. The van der Waals surface area contributed by atoms with Crippen LogP contribution in [0.1, 0.15) is 68.8 Å². The third-order valence-electron chi connectivity index (χ3n) is 9.43. The van der Waals surface area contributed by atoms with Gasteiger partial charge in [-0.15, -0.1) is 0 Å². The molecule has 0 saturated carbocycles. The second-order valence-electron chi connectivity index (χ2n) is 14.1. The molecular weight excluding hydrogens is 700 g/mol. The van der Waals surface area contributed by atoms with Crippen LogP contribution in [0.3, 0.4) is 0 Å². The summed E-state index contributed by atoms with van der Waals surface area (Å²) in [7, 11) is 1.55. The summed E-state index contributed by atoms with van der Waals surface area (Å²) >= 11 is 0. The fraction of sp³-hybridized carbons (Fsp3) is 0.514. The minimum Gasteiger partial charge on any atom is -0.477 e. The molecule has 1 unspecified atom stereocenters. The standard InChI is InChI=1S/C35H41F6N5O6/c1-18(42-5)27(47)45-26(32(2,3)4)29(49)46-17-21-15-22(43-30(50)33(36,37)35(40,41)34(38,39)31(51)52)14-13-20(21)16-25(46)28(48)44-24-12-8-10-19-9-6-7-11-23(19)24/h6-7,9,11,13-15,18,24-26,42H,8,10,12,16-17H2,1-5H3,(H,43,50)(H,44,48)(H,45,47)(H,51,52)/t18-,24+,25-,26?/m0/s1. The van der Waals surface area contributed by atoms with Gasteiger partial charge in [0.05, 0.1) is 12.1 Å². The summed E-state index contributed by atoms with van der Waals surface area (Å²) in [5.41, 5.74) is 1.15. The van der Waals surface area contributed by atoms with Gasteiger partial charge in [-0.3, -0.25) is 19.2 Å². The first kappa shape index (κ1) is 40.1. The van der Waals surface area contributed by atoms with Gasteiger partial charge in [0.25, 0.3) is 0 Å². The lowest BCUT2D eigenvalue weighted by Crippen LogP contribution is -2.62. The molecule has 0 fully saturated rings. The Morgan fingerprint density at radius 3 is 2.17 bits per heavy atom. The molecular formula is C35H41F6N5O6. The van der Waals surface area contributed by atoms with E-state index < -0.39 is 76.6 Å². The number of rotatable bonds is 11. The number of carboxylic acid groups (broad SMARTS) is 1. The molecule has 4 rings (SSSR count). The van der Waals surface area contributed by atoms with E-state index in [-0.39, 0.29) is 24.6 Å². The Balaban J connectivity index is 1.69. The number of carbonyl (C=O) groups is 5. The molecule has 4 amide bonds. The number of hydrogen-bond donors (Lipinski definition) is 5. The molecule has 284 valence electrons. The van der Waals surface area contributed by atoms with Gasteiger partial charge < -0.3 is 31.3 Å². The SMILES string of the molecule is CN[C@@H](C)C(=O)NC(C(=O)N1Cc2cc(NC(=O)C(F)(F)C(F)(F)C(F)(F)C(=O)O)ccc2C[C@H]1C(=O)N[C@@H]1CCCc2ccccc21)C(C)(C)C. The van der Waals surface area contributed by atoms with Gasteiger partial charge in [-0.25, -0.2) is 4.79 Å². The van der Waals surface area contributed by atoms with Crippen molar-refractivity contribution in [1.82, 2.24) is 20.9 Å². The van der Waals surface area contributed by atoms with Crippen molar-refractivity contribution >= 4 is 35.3 Å². The van der Waals surface area contributed by atoms with E-state index in [1.807, 2.05) is 24.3 Å². The number of hydrogen-bond acceptors (Lipinski definition) is 6. The first-order chi connectivity index (χ1) is 24.0. The first-order valence-corrected chi connectivity index (χ1v) is 16.5. The number of likely N-dealkylation sites (N-methyl/N-ethyl adjacent to an activating group) is 1. The number of nitrogens with zero attached hydrogens (tertiary/aromatic N) is 1. The maximum Gasteiger partial charge on any atom is 0.411 e. The molecule has 1 heterocycles. The van der Waals surface area contributed by atoms with Crippen molar-refractivity contribution in [2.24, 2.45) is 5.41 Å². The minimum atomic E-state index is -6.61. The zero-order chi connectivity index (χ0) is 39.0. The van der Waals surface area contributed by atoms with E-state index in [0.717, 1.165) is 36.1 Å². The van der Waals surface area contributed by atoms with Crippen LogP contribution in [-0.4, -0.2) is 82.5 Å². The maximum atomic E-state index is 14.4. The molecule has 1 aliphatic carbocycles. The summed E-state index contributed by atoms with van der Waals surface area (Å²) in [6.45, 7) is 6.30. The van der Waals surface area contributed by atoms with Gasteiger partial charge in [-0.1, -0.05) is 51.1 Å². The second-order valence-corrected chi connectivity index (χ2v) is 14.1. The molecule has 5 N–H and O–H groups in total. The predicted molar refractivity (Wildman–Crippen MR) is 176 cm³/mol. The summed E-state index contributed by atoms with van der Waals surface area (Å²) in [5, 5.41) is 18.4. The molecule has 0 radical (unpaired) electrons. The monoisotopic (exact) mass is 741 g/mol. The van der Waals surface area contributed by atoms with Gasteiger partial charge in [0.1, 0.15) is 12.1 Å². The normalized spacial score (nSPS) is 19.0. The Bertz CT molecular complexity index is 1730. The van der Waals surface area contributed by atoms with Crippen LogP contribution in [0.5, 0.6) is 0 Å². The Morgan fingerprint density at radius 1 is 0.904 bits per heavy atom. The quantitative estimate of drug-likeness (QED) is 0.216. The van der Waals surface area contributed by atoms with Crippen molar-refractivity contribution in [1.29, 1.82) is 0 Å². The molecule has 0 bridgehead atoms. The predicted octanol–water partition coefficient (Wildman–Crippen LogP) is 4.20. The highest BCUT2D eigenvalue weighted by Gasteiger charge is 2.78. The fourth-order valence-corrected chi connectivity index (χ4v) is 6.20. The van der Waals surface area contributed by atoms with Gasteiger partial charge in [-0.2, -0.15) is 26.3 Å². The van der Waals surface area contributed by atoms with Crippen LogP contribution in [0.25, 0.3) is 0 Å². The fourth-order valence-electron chi connectivity index (χ4n) is 6.20. The Hall–Kier alpha value is -4.67. The highest BCUT2D eigenvalue weighted by atomic mass is 19.3. The molecule has 11 nitrogen and oxygen atoms in total. The van der Waals surface area contributed by atoms with Gasteiger partial charge in [0.2, 0.25) is 17.7 Å². The molecule has 52 heavy (non-hydrogen) atoms. The largest absolute Gasteiger partial charge is 0.477 e.